The number of nitrogens with zero attached hydrogens (tertiary/aromatic N) is 3. The molecule has 0 unspecified atom stereocenters. The third kappa shape index (κ3) is 4.47. The first kappa shape index (κ1) is 21.1. The Hall–Kier alpha value is -3.16. The molecule has 2 aromatic heterocycles. The molecule has 2 aromatic carbocycles. The molecule has 0 saturated carbocycles. The quantitative estimate of drug-likeness (QED) is 0.384. The predicted octanol–water partition coefficient (Wildman–Crippen LogP) is 5.52. The van der Waals surface area contributed by atoms with Gasteiger partial charge in [-0.05, 0) is 48.4 Å². The van der Waals surface area contributed by atoms with Gasteiger partial charge in [-0.3, -0.25) is 14.7 Å². The molecule has 8 heteroatoms. The van der Waals surface area contributed by atoms with Crippen molar-refractivity contribution in [3.8, 4) is 11.5 Å². The highest BCUT2D eigenvalue weighted by atomic mass is 35.5. The number of aryl methyl sites for hydroxylation is 1. The van der Waals surface area contributed by atoms with Crippen LogP contribution in [-0.2, 0) is 6.54 Å². The Morgan fingerprint density at radius 3 is 2.52 bits per heavy atom. The number of rotatable bonds is 6. The van der Waals surface area contributed by atoms with Crippen LogP contribution >= 0.6 is 22.9 Å². The van der Waals surface area contributed by atoms with Crippen molar-refractivity contribution in [3.63, 3.8) is 0 Å². The number of pyridine rings is 1. The molecule has 2 heterocycles. The first-order valence-corrected chi connectivity index (χ1v) is 10.7. The highest BCUT2D eigenvalue weighted by molar-refractivity contribution is 7.22. The fraction of sp³-hybridized carbons (Fsp3) is 0.174. The molecule has 0 aliphatic heterocycles. The van der Waals surface area contributed by atoms with Crippen molar-refractivity contribution in [2.45, 2.75) is 13.5 Å². The second-order valence-electron chi connectivity index (χ2n) is 6.92. The van der Waals surface area contributed by atoms with Crippen LogP contribution in [0.15, 0.2) is 54.9 Å². The molecule has 0 saturated heterocycles. The van der Waals surface area contributed by atoms with E-state index in [0.29, 0.717) is 33.8 Å². The van der Waals surface area contributed by atoms with Gasteiger partial charge < -0.3 is 9.47 Å². The van der Waals surface area contributed by atoms with E-state index in [0.717, 1.165) is 21.3 Å². The molecule has 0 fully saturated rings. The number of carbonyl (C=O) groups excluding carboxylic acids is 1. The van der Waals surface area contributed by atoms with Gasteiger partial charge in [0.1, 0.15) is 11.5 Å². The molecule has 0 radical (unpaired) electrons. The average Bonchev–Trinajstić information content (AvgIpc) is 3.21. The molecule has 0 bridgehead atoms. The van der Waals surface area contributed by atoms with E-state index in [1.165, 1.54) is 11.3 Å². The third-order valence-corrected chi connectivity index (χ3v) is 6.02. The summed E-state index contributed by atoms with van der Waals surface area (Å²) in [7, 11) is 3.10. The Morgan fingerprint density at radius 1 is 1.13 bits per heavy atom. The molecule has 4 rings (SSSR count). The number of methoxy groups -OCH3 is 2. The number of aromatic nitrogens is 2. The van der Waals surface area contributed by atoms with Crippen LogP contribution in [0.4, 0.5) is 5.13 Å². The number of benzene rings is 2. The molecular weight excluding hydrogens is 434 g/mol. The van der Waals surface area contributed by atoms with Crippen LogP contribution in [0.25, 0.3) is 10.2 Å². The van der Waals surface area contributed by atoms with Gasteiger partial charge in [-0.25, -0.2) is 4.98 Å². The fourth-order valence-electron chi connectivity index (χ4n) is 3.25. The minimum atomic E-state index is -0.219. The zero-order valence-corrected chi connectivity index (χ0v) is 18.8. The van der Waals surface area contributed by atoms with Crippen molar-refractivity contribution in [2.24, 2.45) is 0 Å². The van der Waals surface area contributed by atoms with Gasteiger partial charge in [-0.2, -0.15) is 0 Å². The lowest BCUT2D eigenvalue weighted by Crippen LogP contribution is -2.30. The lowest BCUT2D eigenvalue weighted by molar-refractivity contribution is 0.0984. The summed E-state index contributed by atoms with van der Waals surface area (Å²) in [6.45, 7) is 2.27. The minimum absolute atomic E-state index is 0.219. The maximum absolute atomic E-state index is 13.6. The highest BCUT2D eigenvalue weighted by Gasteiger charge is 2.23. The molecule has 1 amide bonds. The van der Waals surface area contributed by atoms with Crippen LogP contribution in [0, 0.1) is 6.92 Å². The number of anilines is 1. The Bertz CT molecular complexity index is 1220. The van der Waals surface area contributed by atoms with Crippen molar-refractivity contribution in [2.75, 3.05) is 19.1 Å². The van der Waals surface area contributed by atoms with Gasteiger partial charge in [-0.15, -0.1) is 0 Å². The van der Waals surface area contributed by atoms with E-state index in [1.807, 2.05) is 31.2 Å². The number of carbonyl (C=O) groups is 1. The van der Waals surface area contributed by atoms with E-state index in [4.69, 9.17) is 26.1 Å². The van der Waals surface area contributed by atoms with Gasteiger partial charge in [0.15, 0.2) is 5.13 Å². The Morgan fingerprint density at radius 2 is 1.87 bits per heavy atom. The lowest BCUT2D eigenvalue weighted by Gasteiger charge is -2.20. The van der Waals surface area contributed by atoms with E-state index >= 15 is 0 Å². The SMILES string of the molecule is COc1cc(OC)cc(C(=O)N(Cc2cccnc2)c2nc3c(C)cc(Cl)cc3s2)c1. The van der Waals surface area contributed by atoms with Gasteiger partial charge in [0.25, 0.3) is 5.91 Å². The first-order valence-electron chi connectivity index (χ1n) is 9.49. The standard InChI is InChI=1S/C23H20ClN3O3S/c1-14-7-17(24)10-20-21(14)26-23(31-20)27(13-15-5-4-6-25-12-15)22(28)16-8-18(29-2)11-19(9-16)30-3/h4-12H,13H2,1-3H3. The number of hydrogen-bond donors (Lipinski definition) is 0. The summed E-state index contributed by atoms with van der Waals surface area (Å²) in [6.07, 6.45) is 3.44. The zero-order chi connectivity index (χ0) is 22.0. The van der Waals surface area contributed by atoms with Crippen molar-refractivity contribution in [1.29, 1.82) is 0 Å². The maximum Gasteiger partial charge on any atom is 0.260 e. The Labute approximate surface area is 189 Å². The molecule has 0 N–H and O–H groups in total. The van der Waals surface area contributed by atoms with Crippen LogP contribution in [0.5, 0.6) is 11.5 Å². The largest absolute Gasteiger partial charge is 0.497 e. The van der Waals surface area contributed by atoms with Gasteiger partial charge >= 0.3 is 0 Å². The number of fused-ring (bicyclic) bond motifs is 1. The maximum atomic E-state index is 13.6. The van der Waals surface area contributed by atoms with E-state index < -0.39 is 0 Å². The topological polar surface area (TPSA) is 64.6 Å². The monoisotopic (exact) mass is 453 g/mol. The second-order valence-corrected chi connectivity index (χ2v) is 8.37. The molecule has 31 heavy (non-hydrogen) atoms. The molecule has 4 aromatic rings. The number of hydrogen-bond acceptors (Lipinski definition) is 6. The first-order chi connectivity index (χ1) is 15.0. The van der Waals surface area contributed by atoms with Crippen LogP contribution in [0.1, 0.15) is 21.5 Å². The lowest BCUT2D eigenvalue weighted by atomic mass is 10.1. The Balaban J connectivity index is 1.82. The smallest absolute Gasteiger partial charge is 0.260 e. The van der Waals surface area contributed by atoms with E-state index in [1.54, 1.807) is 49.7 Å². The Kier molecular flexibility index (Phi) is 6.06. The van der Waals surface area contributed by atoms with E-state index in [9.17, 15) is 4.79 Å². The summed E-state index contributed by atoms with van der Waals surface area (Å²) in [5.41, 5.74) is 3.12. The summed E-state index contributed by atoms with van der Waals surface area (Å²) < 4.78 is 11.6. The predicted molar refractivity (Wildman–Crippen MR) is 124 cm³/mol. The fourth-order valence-corrected chi connectivity index (χ4v) is 4.66. The third-order valence-electron chi connectivity index (χ3n) is 4.78. The molecule has 0 spiro atoms. The van der Waals surface area contributed by atoms with Crippen molar-refractivity contribution >= 4 is 44.2 Å². The number of amides is 1. The van der Waals surface area contributed by atoms with Crippen LogP contribution in [-0.4, -0.2) is 30.1 Å². The van der Waals surface area contributed by atoms with Crippen LogP contribution in [0.3, 0.4) is 0 Å². The summed E-state index contributed by atoms with van der Waals surface area (Å²) >= 11 is 7.65. The van der Waals surface area contributed by atoms with E-state index in [2.05, 4.69) is 4.98 Å². The van der Waals surface area contributed by atoms with Gasteiger partial charge in [0, 0.05) is 29.0 Å². The molecule has 0 aliphatic rings. The van der Waals surface area contributed by atoms with Crippen LogP contribution < -0.4 is 14.4 Å². The second kappa shape index (κ2) is 8.91. The van der Waals surface area contributed by atoms with Crippen molar-refractivity contribution in [1.82, 2.24) is 9.97 Å². The van der Waals surface area contributed by atoms with Crippen LogP contribution in [0.2, 0.25) is 5.02 Å². The summed E-state index contributed by atoms with van der Waals surface area (Å²) in [5, 5.41) is 1.22. The normalized spacial score (nSPS) is 10.8. The molecule has 0 atom stereocenters. The molecule has 158 valence electrons. The number of thiazole rings is 1. The summed E-state index contributed by atoms with van der Waals surface area (Å²) in [6, 6.07) is 12.6. The average molecular weight is 454 g/mol. The number of ether oxygens (including phenoxy) is 2. The van der Waals surface area contributed by atoms with Crippen molar-refractivity contribution < 1.29 is 14.3 Å². The van der Waals surface area contributed by atoms with Gasteiger partial charge in [-0.1, -0.05) is 29.0 Å². The van der Waals surface area contributed by atoms with Gasteiger partial charge in [0.2, 0.25) is 0 Å². The molecular formula is C23H20ClN3O3S. The minimum Gasteiger partial charge on any atom is -0.497 e. The highest BCUT2D eigenvalue weighted by Crippen LogP contribution is 2.35. The summed E-state index contributed by atoms with van der Waals surface area (Å²) in [5.74, 6) is 0.857. The molecule has 6 nitrogen and oxygen atoms in total. The zero-order valence-electron chi connectivity index (χ0n) is 17.3. The van der Waals surface area contributed by atoms with Gasteiger partial charge in [0.05, 0.1) is 31.0 Å². The number of halogens is 1. The molecule has 0 aliphatic carbocycles. The van der Waals surface area contributed by atoms with Crippen molar-refractivity contribution in [3.05, 3.63) is 76.6 Å². The van der Waals surface area contributed by atoms with E-state index in [-0.39, 0.29) is 5.91 Å². The summed E-state index contributed by atoms with van der Waals surface area (Å²) in [4.78, 5) is 24.2.